The number of halogens is 1. The molecule has 1 aromatic rings. The number of ether oxygens (including phenoxy) is 2. The second-order valence-corrected chi connectivity index (χ2v) is 4.40. The first kappa shape index (κ1) is 12.4. The van der Waals surface area contributed by atoms with Crippen molar-refractivity contribution >= 4 is 17.4 Å². The van der Waals surface area contributed by atoms with E-state index in [1.54, 1.807) is 6.20 Å². The van der Waals surface area contributed by atoms with Crippen molar-refractivity contribution in [3.8, 4) is 6.01 Å². The molecule has 1 fully saturated rings. The molecule has 1 N–H and O–H groups in total. The summed E-state index contributed by atoms with van der Waals surface area (Å²) in [5, 5.41) is 3.75. The molecule has 0 bridgehead atoms. The summed E-state index contributed by atoms with van der Waals surface area (Å²) in [6, 6.07) is 0.323. The third kappa shape index (κ3) is 3.44. The Labute approximate surface area is 105 Å². The highest BCUT2D eigenvalue weighted by Gasteiger charge is 2.14. The Balaban J connectivity index is 1.92. The average molecular weight is 258 g/mol. The fourth-order valence-corrected chi connectivity index (χ4v) is 1.92. The van der Waals surface area contributed by atoms with Crippen LogP contribution in [0.25, 0.3) is 0 Å². The molecule has 0 aromatic carbocycles. The maximum Gasteiger partial charge on any atom is 0.318 e. The molecule has 17 heavy (non-hydrogen) atoms. The summed E-state index contributed by atoms with van der Waals surface area (Å²) in [4.78, 5) is 8.09. The number of hydrogen-bond donors (Lipinski definition) is 1. The lowest BCUT2D eigenvalue weighted by Crippen LogP contribution is -2.23. The molecule has 2 heterocycles. The van der Waals surface area contributed by atoms with Crippen LogP contribution >= 0.6 is 11.6 Å². The Kier molecular flexibility index (Phi) is 4.39. The number of aromatic nitrogens is 2. The topological polar surface area (TPSA) is 56.3 Å². The van der Waals surface area contributed by atoms with Crippen molar-refractivity contribution in [2.24, 2.45) is 5.92 Å². The summed E-state index contributed by atoms with van der Waals surface area (Å²) in [5.74, 6) is 1.24. The minimum Gasteiger partial charge on any atom is -0.467 e. The Hall–Kier alpha value is -1.07. The predicted octanol–water partition coefficient (Wildman–Crippen LogP) is 1.98. The SMILES string of the molecule is COc1ncc(Cl)c(NCC2CCOCC2)n1. The maximum absolute atomic E-state index is 6.00. The van der Waals surface area contributed by atoms with Gasteiger partial charge in [-0.2, -0.15) is 4.98 Å². The van der Waals surface area contributed by atoms with Crippen molar-refractivity contribution in [3.63, 3.8) is 0 Å². The van der Waals surface area contributed by atoms with Crippen LogP contribution < -0.4 is 10.1 Å². The summed E-state index contributed by atoms with van der Waals surface area (Å²) < 4.78 is 10.3. The van der Waals surface area contributed by atoms with Crippen molar-refractivity contribution in [1.29, 1.82) is 0 Å². The van der Waals surface area contributed by atoms with Gasteiger partial charge in [-0.15, -0.1) is 0 Å². The molecular weight excluding hydrogens is 242 g/mol. The van der Waals surface area contributed by atoms with E-state index in [-0.39, 0.29) is 0 Å². The number of nitrogens with zero attached hydrogens (tertiary/aromatic N) is 2. The van der Waals surface area contributed by atoms with Gasteiger partial charge >= 0.3 is 6.01 Å². The zero-order valence-corrected chi connectivity index (χ0v) is 10.5. The fourth-order valence-electron chi connectivity index (χ4n) is 1.76. The van der Waals surface area contributed by atoms with E-state index in [4.69, 9.17) is 21.1 Å². The molecule has 1 saturated heterocycles. The van der Waals surface area contributed by atoms with E-state index in [9.17, 15) is 0 Å². The van der Waals surface area contributed by atoms with Crippen LogP contribution in [-0.2, 0) is 4.74 Å². The highest BCUT2D eigenvalue weighted by molar-refractivity contribution is 6.32. The fraction of sp³-hybridized carbons (Fsp3) is 0.636. The predicted molar refractivity (Wildman–Crippen MR) is 65.6 cm³/mol. The van der Waals surface area contributed by atoms with E-state index in [1.165, 1.54) is 7.11 Å². The van der Waals surface area contributed by atoms with Crippen molar-refractivity contribution in [2.75, 3.05) is 32.2 Å². The van der Waals surface area contributed by atoms with E-state index in [1.807, 2.05) is 0 Å². The van der Waals surface area contributed by atoms with Gasteiger partial charge < -0.3 is 14.8 Å². The van der Waals surface area contributed by atoms with Gasteiger partial charge in [0.1, 0.15) is 5.02 Å². The zero-order chi connectivity index (χ0) is 12.1. The average Bonchev–Trinajstić information content (AvgIpc) is 2.39. The van der Waals surface area contributed by atoms with Crippen LogP contribution in [0.15, 0.2) is 6.20 Å². The number of hydrogen-bond acceptors (Lipinski definition) is 5. The molecule has 0 atom stereocenters. The molecule has 0 unspecified atom stereocenters. The first-order valence-electron chi connectivity index (χ1n) is 5.67. The van der Waals surface area contributed by atoms with Gasteiger partial charge in [-0.25, -0.2) is 4.98 Å². The Morgan fingerprint density at radius 2 is 2.29 bits per heavy atom. The number of methoxy groups -OCH3 is 1. The van der Waals surface area contributed by atoms with Crippen LogP contribution in [0.4, 0.5) is 5.82 Å². The molecule has 0 aliphatic carbocycles. The standard InChI is InChI=1S/C11H16ClN3O2/c1-16-11-14-7-9(12)10(15-11)13-6-8-2-4-17-5-3-8/h7-8H,2-6H2,1H3,(H,13,14,15). The van der Waals surface area contributed by atoms with Crippen LogP contribution in [-0.4, -0.2) is 36.8 Å². The van der Waals surface area contributed by atoms with E-state index < -0.39 is 0 Å². The smallest absolute Gasteiger partial charge is 0.318 e. The molecule has 0 radical (unpaired) electrons. The normalized spacial score (nSPS) is 16.8. The van der Waals surface area contributed by atoms with Gasteiger partial charge in [0.2, 0.25) is 0 Å². The molecule has 0 amide bonds. The molecule has 0 saturated carbocycles. The summed E-state index contributed by atoms with van der Waals surface area (Å²) in [7, 11) is 1.53. The zero-order valence-electron chi connectivity index (χ0n) is 9.78. The van der Waals surface area contributed by atoms with Crippen molar-refractivity contribution in [1.82, 2.24) is 9.97 Å². The lowest BCUT2D eigenvalue weighted by Gasteiger charge is -2.22. The quantitative estimate of drug-likeness (QED) is 0.894. The highest BCUT2D eigenvalue weighted by atomic mass is 35.5. The lowest BCUT2D eigenvalue weighted by molar-refractivity contribution is 0.0699. The highest BCUT2D eigenvalue weighted by Crippen LogP contribution is 2.22. The Morgan fingerprint density at radius 3 is 3.00 bits per heavy atom. The first-order valence-corrected chi connectivity index (χ1v) is 6.05. The van der Waals surface area contributed by atoms with Crippen LogP contribution in [0.5, 0.6) is 6.01 Å². The Morgan fingerprint density at radius 1 is 1.53 bits per heavy atom. The van der Waals surface area contributed by atoms with Crippen LogP contribution in [0.1, 0.15) is 12.8 Å². The van der Waals surface area contributed by atoms with Crippen molar-refractivity contribution in [2.45, 2.75) is 12.8 Å². The van der Waals surface area contributed by atoms with E-state index in [0.29, 0.717) is 22.8 Å². The third-order valence-corrected chi connectivity index (χ3v) is 3.08. The molecule has 1 aliphatic heterocycles. The molecule has 0 spiro atoms. The number of anilines is 1. The van der Waals surface area contributed by atoms with Crippen LogP contribution in [0.2, 0.25) is 5.02 Å². The summed E-state index contributed by atoms with van der Waals surface area (Å²) in [6.07, 6.45) is 3.69. The minimum absolute atomic E-state index is 0.323. The van der Waals surface area contributed by atoms with E-state index in [0.717, 1.165) is 32.6 Å². The molecule has 1 aliphatic rings. The maximum atomic E-state index is 6.00. The Bertz CT molecular complexity index is 370. The monoisotopic (exact) mass is 257 g/mol. The minimum atomic E-state index is 0.323. The van der Waals surface area contributed by atoms with Crippen molar-refractivity contribution in [3.05, 3.63) is 11.2 Å². The third-order valence-electron chi connectivity index (χ3n) is 2.80. The van der Waals surface area contributed by atoms with Crippen LogP contribution in [0.3, 0.4) is 0 Å². The molecule has 94 valence electrons. The van der Waals surface area contributed by atoms with Gasteiger partial charge in [-0.3, -0.25) is 0 Å². The summed E-state index contributed by atoms with van der Waals surface area (Å²) in [5.41, 5.74) is 0. The molecular formula is C11H16ClN3O2. The second-order valence-electron chi connectivity index (χ2n) is 3.99. The second kappa shape index (κ2) is 6.02. The summed E-state index contributed by atoms with van der Waals surface area (Å²) >= 11 is 6.00. The number of nitrogens with one attached hydrogen (secondary N) is 1. The van der Waals surface area contributed by atoms with E-state index in [2.05, 4.69) is 15.3 Å². The molecule has 1 aromatic heterocycles. The first-order chi connectivity index (χ1) is 8.29. The van der Waals surface area contributed by atoms with Gasteiger partial charge in [-0.1, -0.05) is 11.6 Å². The summed E-state index contributed by atoms with van der Waals surface area (Å²) in [6.45, 7) is 2.53. The van der Waals surface area contributed by atoms with E-state index >= 15 is 0 Å². The van der Waals surface area contributed by atoms with Gasteiger partial charge in [-0.05, 0) is 18.8 Å². The largest absolute Gasteiger partial charge is 0.467 e. The number of rotatable bonds is 4. The van der Waals surface area contributed by atoms with Gasteiger partial charge in [0, 0.05) is 19.8 Å². The molecule has 5 nitrogen and oxygen atoms in total. The van der Waals surface area contributed by atoms with Crippen LogP contribution in [0, 0.1) is 5.92 Å². The molecule has 6 heteroatoms. The van der Waals surface area contributed by atoms with Gasteiger partial charge in [0.15, 0.2) is 5.82 Å². The lowest BCUT2D eigenvalue weighted by atomic mass is 10.0. The van der Waals surface area contributed by atoms with Gasteiger partial charge in [0.25, 0.3) is 0 Å². The van der Waals surface area contributed by atoms with Gasteiger partial charge in [0.05, 0.1) is 13.3 Å². The van der Waals surface area contributed by atoms with Crippen molar-refractivity contribution < 1.29 is 9.47 Å². The molecule has 2 rings (SSSR count).